The van der Waals surface area contributed by atoms with Gasteiger partial charge in [0.2, 0.25) is 5.88 Å². The number of nitrogens with one attached hydrogen (secondary N) is 1. The zero-order valence-corrected chi connectivity index (χ0v) is 22.8. The lowest BCUT2D eigenvalue weighted by Gasteiger charge is -2.21. The Morgan fingerprint density at radius 3 is 2.59 bits per heavy atom. The molecule has 4 aromatic rings. The molecular weight excluding hydrogens is 522 g/mol. The van der Waals surface area contributed by atoms with E-state index in [0.717, 1.165) is 0 Å². The number of pyridine rings is 1. The van der Waals surface area contributed by atoms with Gasteiger partial charge in [-0.25, -0.2) is 22.2 Å². The maximum atomic E-state index is 14.0. The SMILES string of the molecule is COc1ncc(-c2cc3c4c(ccc3n2S(=O)(=O)c2ccccc2)C(NC(=O)OC(C)(C)C)CO4)cc1CO. The Morgan fingerprint density at radius 2 is 1.92 bits per heavy atom. The van der Waals surface area contributed by atoms with Gasteiger partial charge in [-0.1, -0.05) is 24.3 Å². The van der Waals surface area contributed by atoms with E-state index in [1.54, 1.807) is 63.2 Å². The molecule has 0 radical (unpaired) electrons. The Kier molecular flexibility index (Phi) is 6.73. The molecule has 2 N–H and O–H groups in total. The van der Waals surface area contributed by atoms with Crippen molar-refractivity contribution >= 4 is 27.0 Å². The first-order valence-corrected chi connectivity index (χ1v) is 13.7. The van der Waals surface area contributed by atoms with Gasteiger partial charge >= 0.3 is 6.09 Å². The quantitative estimate of drug-likeness (QED) is 0.361. The molecule has 0 fully saturated rings. The van der Waals surface area contributed by atoms with E-state index in [1.165, 1.54) is 29.4 Å². The lowest BCUT2D eigenvalue weighted by atomic mass is 10.1. The number of rotatable bonds is 6. The van der Waals surface area contributed by atoms with Gasteiger partial charge in [-0.2, -0.15) is 0 Å². The number of aromatic nitrogens is 2. The van der Waals surface area contributed by atoms with Crippen molar-refractivity contribution in [3.05, 3.63) is 71.9 Å². The molecule has 0 saturated carbocycles. The van der Waals surface area contributed by atoms with Crippen LogP contribution in [0.25, 0.3) is 22.2 Å². The number of methoxy groups -OCH3 is 1. The first-order chi connectivity index (χ1) is 18.5. The van der Waals surface area contributed by atoms with Crippen LogP contribution in [0.15, 0.2) is 65.7 Å². The van der Waals surface area contributed by atoms with Crippen LogP contribution in [0.2, 0.25) is 0 Å². The minimum Gasteiger partial charge on any atom is -0.490 e. The molecule has 1 unspecified atom stereocenters. The number of fused-ring (bicyclic) bond motifs is 3. The second-order valence-corrected chi connectivity index (χ2v) is 11.9. The summed E-state index contributed by atoms with van der Waals surface area (Å²) in [7, 11) is -2.61. The third-order valence-corrected chi connectivity index (χ3v) is 7.99. The Balaban J connectivity index is 1.69. The van der Waals surface area contributed by atoms with Crippen LogP contribution in [-0.2, 0) is 21.4 Å². The average molecular weight is 552 g/mol. The number of nitrogens with zero attached hydrogens (tertiary/aromatic N) is 2. The molecule has 3 heterocycles. The molecule has 1 atom stereocenters. The van der Waals surface area contributed by atoms with Gasteiger partial charge in [-0.15, -0.1) is 0 Å². The summed E-state index contributed by atoms with van der Waals surface area (Å²) in [5.74, 6) is 0.718. The molecule has 39 heavy (non-hydrogen) atoms. The van der Waals surface area contributed by atoms with Crippen LogP contribution in [0.5, 0.6) is 11.6 Å². The van der Waals surface area contributed by atoms with Crippen molar-refractivity contribution in [2.24, 2.45) is 0 Å². The zero-order valence-electron chi connectivity index (χ0n) is 22.0. The van der Waals surface area contributed by atoms with E-state index in [9.17, 15) is 18.3 Å². The highest BCUT2D eigenvalue weighted by atomic mass is 32.2. The Morgan fingerprint density at radius 1 is 1.18 bits per heavy atom. The van der Waals surface area contributed by atoms with Crippen molar-refractivity contribution in [2.45, 2.75) is 43.9 Å². The summed E-state index contributed by atoms with van der Waals surface area (Å²) in [4.78, 5) is 16.8. The Hall–Kier alpha value is -4.09. The molecule has 2 aromatic carbocycles. The first-order valence-electron chi connectivity index (χ1n) is 12.3. The summed E-state index contributed by atoms with van der Waals surface area (Å²) in [6, 6.07) is 14.4. The number of ether oxygens (including phenoxy) is 3. The van der Waals surface area contributed by atoms with Gasteiger partial charge in [-0.3, -0.25) is 0 Å². The highest BCUT2D eigenvalue weighted by Crippen LogP contribution is 2.43. The molecule has 2 aromatic heterocycles. The molecule has 1 aliphatic heterocycles. The number of carbonyl (C=O) groups excluding carboxylic acids is 1. The van der Waals surface area contributed by atoms with E-state index < -0.39 is 27.8 Å². The predicted octanol–water partition coefficient (Wildman–Crippen LogP) is 4.40. The molecule has 0 spiro atoms. The van der Waals surface area contributed by atoms with Gasteiger partial charge < -0.3 is 24.6 Å². The fourth-order valence-electron chi connectivity index (χ4n) is 4.60. The predicted molar refractivity (Wildman–Crippen MR) is 144 cm³/mol. The van der Waals surface area contributed by atoms with Gasteiger partial charge in [0, 0.05) is 28.3 Å². The maximum Gasteiger partial charge on any atom is 0.408 e. The molecule has 0 saturated heterocycles. The van der Waals surface area contributed by atoms with Crippen LogP contribution in [0.4, 0.5) is 4.79 Å². The highest BCUT2D eigenvalue weighted by molar-refractivity contribution is 7.90. The van der Waals surface area contributed by atoms with E-state index in [4.69, 9.17) is 14.2 Å². The van der Waals surface area contributed by atoms with Crippen LogP contribution in [0.1, 0.15) is 37.9 Å². The van der Waals surface area contributed by atoms with Gasteiger partial charge in [0.05, 0.1) is 35.9 Å². The van der Waals surface area contributed by atoms with Crippen molar-refractivity contribution < 1.29 is 32.5 Å². The lowest BCUT2D eigenvalue weighted by molar-refractivity contribution is 0.0497. The van der Waals surface area contributed by atoms with Crippen molar-refractivity contribution in [1.82, 2.24) is 14.3 Å². The minimum absolute atomic E-state index is 0.110. The monoisotopic (exact) mass is 551 g/mol. The van der Waals surface area contributed by atoms with Crippen LogP contribution < -0.4 is 14.8 Å². The maximum absolute atomic E-state index is 14.0. The number of amides is 1. The molecular formula is C28H29N3O7S. The van der Waals surface area contributed by atoms with E-state index in [1.807, 2.05) is 0 Å². The average Bonchev–Trinajstić information content (AvgIpc) is 3.49. The summed E-state index contributed by atoms with van der Waals surface area (Å²) in [5, 5.41) is 13.2. The molecule has 10 nitrogen and oxygen atoms in total. The van der Waals surface area contributed by atoms with Gasteiger partial charge in [0.15, 0.2) is 0 Å². The number of aliphatic hydroxyl groups is 1. The molecule has 11 heteroatoms. The molecule has 1 amide bonds. The summed E-state index contributed by atoms with van der Waals surface area (Å²) in [5.41, 5.74) is 1.65. The standard InChI is InChI=1S/C28H29N3O7S/c1-28(2,3)38-27(33)30-22-16-37-25-20(22)10-11-23-21(25)13-24(17-12-18(15-32)26(36-4)29-14-17)31(23)39(34,35)19-8-6-5-7-9-19/h5-14,22,32H,15-16H2,1-4H3,(H,30,33). The summed E-state index contributed by atoms with van der Waals surface area (Å²) in [6.45, 7) is 5.17. The van der Waals surface area contributed by atoms with Crippen molar-refractivity contribution in [1.29, 1.82) is 0 Å². The largest absolute Gasteiger partial charge is 0.490 e. The van der Waals surface area contributed by atoms with E-state index in [0.29, 0.717) is 39.0 Å². The molecule has 1 aliphatic rings. The summed E-state index contributed by atoms with van der Waals surface area (Å²) < 4.78 is 45.8. The van der Waals surface area contributed by atoms with Crippen LogP contribution >= 0.6 is 0 Å². The number of aliphatic hydroxyl groups excluding tert-OH is 1. The van der Waals surface area contributed by atoms with E-state index >= 15 is 0 Å². The number of hydrogen-bond acceptors (Lipinski definition) is 8. The topological polar surface area (TPSA) is 129 Å². The third kappa shape index (κ3) is 4.90. The number of alkyl carbamates (subject to hydrolysis) is 1. The highest BCUT2D eigenvalue weighted by Gasteiger charge is 2.32. The minimum atomic E-state index is -4.06. The lowest BCUT2D eigenvalue weighted by Crippen LogP contribution is -2.35. The smallest absolute Gasteiger partial charge is 0.408 e. The van der Waals surface area contributed by atoms with Crippen molar-refractivity contribution in [3.8, 4) is 22.9 Å². The van der Waals surface area contributed by atoms with Crippen LogP contribution in [0.3, 0.4) is 0 Å². The third-order valence-electron chi connectivity index (χ3n) is 6.25. The molecule has 0 aliphatic carbocycles. The van der Waals surface area contributed by atoms with E-state index in [2.05, 4.69) is 10.3 Å². The summed E-state index contributed by atoms with van der Waals surface area (Å²) in [6.07, 6.45) is 0.923. The molecule has 0 bridgehead atoms. The van der Waals surface area contributed by atoms with Gasteiger partial charge in [0.25, 0.3) is 10.0 Å². The fourth-order valence-corrected chi connectivity index (χ4v) is 6.15. The zero-order chi connectivity index (χ0) is 27.9. The summed E-state index contributed by atoms with van der Waals surface area (Å²) >= 11 is 0. The van der Waals surface area contributed by atoms with Gasteiger partial charge in [0.1, 0.15) is 18.0 Å². The van der Waals surface area contributed by atoms with Crippen molar-refractivity contribution in [3.63, 3.8) is 0 Å². The Labute approximate surface area is 226 Å². The molecule has 5 rings (SSSR count). The fraction of sp³-hybridized carbons (Fsp3) is 0.286. The number of benzene rings is 2. The molecule has 204 valence electrons. The first kappa shape index (κ1) is 26.5. The number of carbonyl (C=O) groups is 1. The van der Waals surface area contributed by atoms with E-state index in [-0.39, 0.29) is 24.0 Å². The van der Waals surface area contributed by atoms with Gasteiger partial charge in [-0.05, 0) is 51.1 Å². The normalized spacial score (nSPS) is 15.1. The Bertz CT molecular complexity index is 1660. The van der Waals surface area contributed by atoms with Crippen LogP contribution in [-0.4, -0.2) is 47.9 Å². The number of hydrogen-bond donors (Lipinski definition) is 2. The van der Waals surface area contributed by atoms with Crippen molar-refractivity contribution in [2.75, 3.05) is 13.7 Å². The second-order valence-electron chi connectivity index (χ2n) is 10.1. The second kappa shape index (κ2) is 9.90. The van der Waals surface area contributed by atoms with Crippen LogP contribution in [0, 0.1) is 0 Å².